The van der Waals surface area contributed by atoms with Crippen LogP contribution in [0.2, 0.25) is 0 Å². The van der Waals surface area contributed by atoms with Gasteiger partial charge in [0.15, 0.2) is 6.29 Å². The first-order chi connectivity index (χ1) is 10.2. The van der Waals surface area contributed by atoms with Gasteiger partial charge in [0.05, 0.1) is 11.7 Å². The maximum atomic E-state index is 11.5. The Morgan fingerprint density at radius 3 is 2.43 bits per heavy atom. The van der Waals surface area contributed by atoms with Gasteiger partial charge >= 0.3 is 0 Å². The Kier molecular flexibility index (Phi) is 3.96. The molecular formula is C19H22O2. The van der Waals surface area contributed by atoms with Crippen molar-refractivity contribution in [3.05, 3.63) is 42.0 Å². The summed E-state index contributed by atoms with van der Waals surface area (Å²) in [4.78, 5) is 11.5. The zero-order chi connectivity index (χ0) is 14.8. The Balaban J connectivity index is 1.91. The highest BCUT2D eigenvalue weighted by molar-refractivity contribution is 6.00. The van der Waals surface area contributed by atoms with E-state index in [-0.39, 0.29) is 6.10 Å². The van der Waals surface area contributed by atoms with E-state index in [2.05, 4.69) is 13.8 Å². The van der Waals surface area contributed by atoms with Crippen LogP contribution in [0, 0.1) is 11.8 Å². The summed E-state index contributed by atoms with van der Waals surface area (Å²) in [5.41, 5.74) is 0.680. The molecule has 1 aliphatic carbocycles. The molecule has 0 spiro atoms. The number of ether oxygens (including phenoxy) is 1. The minimum absolute atomic E-state index is 0.226. The van der Waals surface area contributed by atoms with E-state index in [4.69, 9.17) is 4.74 Å². The van der Waals surface area contributed by atoms with Crippen molar-refractivity contribution in [2.75, 3.05) is 0 Å². The van der Waals surface area contributed by atoms with Crippen molar-refractivity contribution < 1.29 is 9.53 Å². The van der Waals surface area contributed by atoms with Crippen molar-refractivity contribution >= 4 is 17.1 Å². The van der Waals surface area contributed by atoms with Crippen molar-refractivity contribution in [2.24, 2.45) is 11.8 Å². The molecule has 0 heterocycles. The van der Waals surface area contributed by atoms with Crippen molar-refractivity contribution in [1.82, 2.24) is 0 Å². The van der Waals surface area contributed by atoms with Gasteiger partial charge < -0.3 is 4.74 Å². The largest absolute Gasteiger partial charge is 0.490 e. The fraction of sp³-hybridized carbons (Fsp3) is 0.421. The fourth-order valence-corrected chi connectivity index (χ4v) is 3.65. The first-order valence-corrected chi connectivity index (χ1v) is 7.81. The average molecular weight is 282 g/mol. The standard InChI is InChI=1S/C19H22O2/c1-13-9-14(2)11-16(10-13)21-19-8-7-15-5-3-4-6-17(15)18(19)12-20/h3-8,12-14,16H,9-11H2,1-2H3. The molecule has 2 aromatic rings. The second-order valence-corrected chi connectivity index (χ2v) is 6.47. The van der Waals surface area contributed by atoms with Crippen LogP contribution in [0.4, 0.5) is 0 Å². The summed E-state index contributed by atoms with van der Waals surface area (Å²) in [6.07, 6.45) is 4.58. The number of rotatable bonds is 3. The molecule has 0 saturated heterocycles. The predicted octanol–water partition coefficient (Wildman–Crippen LogP) is 4.86. The summed E-state index contributed by atoms with van der Waals surface area (Å²) in [5.74, 6) is 2.12. The fourth-order valence-electron chi connectivity index (χ4n) is 3.65. The summed E-state index contributed by atoms with van der Waals surface area (Å²) >= 11 is 0. The summed E-state index contributed by atoms with van der Waals surface area (Å²) < 4.78 is 6.20. The van der Waals surface area contributed by atoms with E-state index in [9.17, 15) is 4.79 Å². The number of hydrogen-bond acceptors (Lipinski definition) is 2. The normalized spacial score (nSPS) is 25.7. The van der Waals surface area contributed by atoms with Crippen molar-refractivity contribution in [3.8, 4) is 5.75 Å². The van der Waals surface area contributed by atoms with Crippen LogP contribution in [0.1, 0.15) is 43.5 Å². The minimum Gasteiger partial charge on any atom is -0.490 e. The molecule has 0 amide bonds. The van der Waals surface area contributed by atoms with E-state index >= 15 is 0 Å². The van der Waals surface area contributed by atoms with E-state index in [0.717, 1.165) is 35.6 Å². The SMILES string of the molecule is CC1CC(C)CC(Oc2ccc3ccccc3c2C=O)C1. The van der Waals surface area contributed by atoms with Crippen LogP contribution in [-0.4, -0.2) is 12.4 Å². The number of carbonyl (C=O) groups excluding carboxylic acids is 1. The monoisotopic (exact) mass is 282 g/mol. The molecule has 2 aromatic carbocycles. The number of carbonyl (C=O) groups is 1. The van der Waals surface area contributed by atoms with Crippen LogP contribution in [0.15, 0.2) is 36.4 Å². The molecule has 0 bridgehead atoms. The molecule has 2 nitrogen and oxygen atoms in total. The lowest BCUT2D eigenvalue weighted by Gasteiger charge is -2.32. The third-order valence-electron chi connectivity index (χ3n) is 4.48. The zero-order valence-electron chi connectivity index (χ0n) is 12.7. The first kappa shape index (κ1) is 14.1. The van der Waals surface area contributed by atoms with Gasteiger partial charge in [-0.3, -0.25) is 4.79 Å². The van der Waals surface area contributed by atoms with Gasteiger partial charge in [-0.05, 0) is 47.9 Å². The van der Waals surface area contributed by atoms with Crippen LogP contribution in [0.5, 0.6) is 5.75 Å². The lowest BCUT2D eigenvalue weighted by atomic mass is 9.82. The third kappa shape index (κ3) is 2.94. The maximum Gasteiger partial charge on any atom is 0.154 e. The van der Waals surface area contributed by atoms with Gasteiger partial charge in [0.1, 0.15) is 5.75 Å². The van der Waals surface area contributed by atoms with Crippen LogP contribution >= 0.6 is 0 Å². The lowest BCUT2D eigenvalue weighted by molar-refractivity contribution is 0.0982. The highest BCUT2D eigenvalue weighted by Gasteiger charge is 2.26. The van der Waals surface area contributed by atoms with Gasteiger partial charge in [-0.1, -0.05) is 44.2 Å². The molecule has 21 heavy (non-hydrogen) atoms. The summed E-state index contributed by atoms with van der Waals surface area (Å²) in [6, 6.07) is 11.9. The molecule has 0 N–H and O–H groups in total. The highest BCUT2D eigenvalue weighted by Crippen LogP contribution is 2.33. The molecular weight excluding hydrogens is 260 g/mol. The molecule has 2 heteroatoms. The van der Waals surface area contributed by atoms with Crippen LogP contribution in [0.25, 0.3) is 10.8 Å². The molecule has 0 radical (unpaired) electrons. The Bertz CT molecular complexity index is 637. The summed E-state index contributed by atoms with van der Waals surface area (Å²) in [5, 5.41) is 2.05. The molecule has 2 unspecified atom stereocenters. The Labute approximate surface area is 126 Å². The van der Waals surface area contributed by atoms with Crippen LogP contribution in [0.3, 0.4) is 0 Å². The second kappa shape index (κ2) is 5.88. The van der Waals surface area contributed by atoms with Crippen LogP contribution < -0.4 is 4.74 Å². The molecule has 0 aliphatic heterocycles. The number of benzene rings is 2. The summed E-state index contributed by atoms with van der Waals surface area (Å²) in [7, 11) is 0. The highest BCUT2D eigenvalue weighted by atomic mass is 16.5. The van der Waals surface area contributed by atoms with Gasteiger partial charge in [0.2, 0.25) is 0 Å². The summed E-state index contributed by atoms with van der Waals surface area (Å²) in [6.45, 7) is 4.57. The Hall–Kier alpha value is -1.83. The molecule has 1 fully saturated rings. The Morgan fingerprint density at radius 2 is 1.71 bits per heavy atom. The average Bonchev–Trinajstić information content (AvgIpc) is 2.46. The molecule has 1 saturated carbocycles. The van der Waals surface area contributed by atoms with Crippen molar-refractivity contribution in [3.63, 3.8) is 0 Å². The number of aldehydes is 1. The molecule has 0 aromatic heterocycles. The van der Waals surface area contributed by atoms with Gasteiger partial charge in [0.25, 0.3) is 0 Å². The van der Waals surface area contributed by atoms with E-state index in [1.54, 1.807) is 0 Å². The zero-order valence-corrected chi connectivity index (χ0v) is 12.7. The predicted molar refractivity (Wildman–Crippen MR) is 85.9 cm³/mol. The van der Waals surface area contributed by atoms with Crippen molar-refractivity contribution in [2.45, 2.75) is 39.2 Å². The third-order valence-corrected chi connectivity index (χ3v) is 4.48. The van der Waals surface area contributed by atoms with Gasteiger partial charge in [0, 0.05) is 0 Å². The maximum absolute atomic E-state index is 11.5. The van der Waals surface area contributed by atoms with E-state index < -0.39 is 0 Å². The topological polar surface area (TPSA) is 26.3 Å². The molecule has 1 aliphatic rings. The molecule has 110 valence electrons. The number of hydrogen-bond donors (Lipinski definition) is 0. The lowest BCUT2D eigenvalue weighted by Crippen LogP contribution is -2.28. The van der Waals surface area contributed by atoms with Gasteiger partial charge in [-0.25, -0.2) is 0 Å². The van der Waals surface area contributed by atoms with Crippen LogP contribution in [-0.2, 0) is 0 Å². The smallest absolute Gasteiger partial charge is 0.154 e. The van der Waals surface area contributed by atoms with E-state index in [1.165, 1.54) is 6.42 Å². The van der Waals surface area contributed by atoms with E-state index in [0.29, 0.717) is 17.4 Å². The second-order valence-electron chi connectivity index (χ2n) is 6.47. The van der Waals surface area contributed by atoms with E-state index in [1.807, 2.05) is 36.4 Å². The van der Waals surface area contributed by atoms with Gasteiger partial charge in [-0.15, -0.1) is 0 Å². The first-order valence-electron chi connectivity index (χ1n) is 7.81. The van der Waals surface area contributed by atoms with Crippen molar-refractivity contribution in [1.29, 1.82) is 0 Å². The number of fused-ring (bicyclic) bond motifs is 1. The molecule has 2 atom stereocenters. The quantitative estimate of drug-likeness (QED) is 0.752. The van der Waals surface area contributed by atoms with Gasteiger partial charge in [-0.2, -0.15) is 0 Å². The minimum atomic E-state index is 0.226. The molecule has 3 rings (SSSR count). The Morgan fingerprint density at radius 1 is 1.00 bits per heavy atom.